The second-order valence-electron chi connectivity index (χ2n) is 2.49. The minimum Gasteiger partial charge on any atom is -0.353 e. The molecule has 0 aliphatic heterocycles. The summed E-state index contributed by atoms with van der Waals surface area (Å²) < 4.78 is 0. The van der Waals surface area contributed by atoms with Gasteiger partial charge in [0.1, 0.15) is 0 Å². The minimum absolute atomic E-state index is 0.229. The van der Waals surface area contributed by atoms with Crippen molar-refractivity contribution in [1.29, 1.82) is 5.26 Å². The summed E-state index contributed by atoms with van der Waals surface area (Å²) in [4.78, 5) is 0. The predicted molar refractivity (Wildman–Crippen MR) is 51.7 cm³/mol. The highest BCUT2D eigenvalue weighted by Gasteiger charge is 2.01. The Morgan fingerprint density at radius 2 is 2.00 bits per heavy atom. The van der Waals surface area contributed by atoms with E-state index < -0.39 is 0 Å². The Morgan fingerprint density at radius 1 is 1.31 bits per heavy atom. The van der Waals surface area contributed by atoms with Crippen molar-refractivity contribution in [1.82, 2.24) is 10.6 Å². The van der Waals surface area contributed by atoms with Crippen LogP contribution in [0.1, 0.15) is 0 Å². The van der Waals surface area contributed by atoms with E-state index in [9.17, 15) is 0 Å². The van der Waals surface area contributed by atoms with Crippen molar-refractivity contribution in [2.24, 2.45) is 0 Å². The molecule has 68 valence electrons. The fourth-order valence-corrected chi connectivity index (χ4v) is 0.946. The normalized spacial score (nSPS) is 11.4. The zero-order valence-corrected chi connectivity index (χ0v) is 7.41. The van der Waals surface area contributed by atoms with Gasteiger partial charge < -0.3 is 5.32 Å². The van der Waals surface area contributed by atoms with Gasteiger partial charge in [0.25, 0.3) is 0 Å². The SMILES string of the molecule is CNC(NC#N)Nc1ccccc1. The van der Waals surface area contributed by atoms with Crippen LogP contribution in [0.15, 0.2) is 30.3 Å². The van der Waals surface area contributed by atoms with Gasteiger partial charge >= 0.3 is 0 Å². The van der Waals surface area contributed by atoms with Gasteiger partial charge in [-0.3, -0.25) is 10.6 Å². The second kappa shape index (κ2) is 5.01. The fourth-order valence-electron chi connectivity index (χ4n) is 0.946. The van der Waals surface area contributed by atoms with Gasteiger partial charge in [0.15, 0.2) is 12.5 Å². The Morgan fingerprint density at radius 3 is 2.54 bits per heavy atom. The van der Waals surface area contributed by atoms with E-state index in [2.05, 4.69) is 16.0 Å². The summed E-state index contributed by atoms with van der Waals surface area (Å²) >= 11 is 0. The van der Waals surface area contributed by atoms with Crippen molar-refractivity contribution in [3.8, 4) is 6.19 Å². The van der Waals surface area contributed by atoms with Gasteiger partial charge in [0.2, 0.25) is 0 Å². The Bertz CT molecular complexity index is 277. The van der Waals surface area contributed by atoms with Gasteiger partial charge in [0.05, 0.1) is 0 Å². The Labute approximate surface area is 77.6 Å². The number of benzene rings is 1. The maximum atomic E-state index is 8.40. The smallest absolute Gasteiger partial charge is 0.179 e. The molecular formula is C9H12N4. The van der Waals surface area contributed by atoms with Crippen molar-refractivity contribution < 1.29 is 0 Å². The average Bonchev–Trinajstić information content (AvgIpc) is 2.19. The number of rotatable bonds is 4. The number of para-hydroxylation sites is 1. The zero-order chi connectivity index (χ0) is 9.52. The zero-order valence-electron chi connectivity index (χ0n) is 7.41. The van der Waals surface area contributed by atoms with Crippen LogP contribution in [-0.2, 0) is 0 Å². The summed E-state index contributed by atoms with van der Waals surface area (Å²) in [5.41, 5.74) is 0.963. The molecule has 4 nitrogen and oxygen atoms in total. The molecule has 4 heteroatoms. The molecule has 0 amide bonds. The van der Waals surface area contributed by atoms with Crippen LogP contribution >= 0.6 is 0 Å². The van der Waals surface area contributed by atoms with Crippen LogP contribution in [0.5, 0.6) is 0 Å². The van der Waals surface area contributed by atoms with Crippen molar-refractivity contribution >= 4 is 5.69 Å². The third-order valence-corrected chi connectivity index (χ3v) is 1.58. The topological polar surface area (TPSA) is 59.9 Å². The molecular weight excluding hydrogens is 164 g/mol. The van der Waals surface area contributed by atoms with Crippen LogP contribution in [0.25, 0.3) is 0 Å². The second-order valence-corrected chi connectivity index (χ2v) is 2.49. The van der Waals surface area contributed by atoms with Gasteiger partial charge in [0, 0.05) is 5.69 Å². The molecule has 13 heavy (non-hydrogen) atoms. The average molecular weight is 176 g/mol. The molecule has 0 fully saturated rings. The highest BCUT2D eigenvalue weighted by atomic mass is 15.3. The van der Waals surface area contributed by atoms with E-state index >= 15 is 0 Å². The largest absolute Gasteiger partial charge is 0.353 e. The van der Waals surface area contributed by atoms with E-state index in [1.165, 1.54) is 0 Å². The highest BCUT2D eigenvalue weighted by Crippen LogP contribution is 2.04. The lowest BCUT2D eigenvalue weighted by atomic mass is 10.3. The van der Waals surface area contributed by atoms with E-state index in [1.54, 1.807) is 7.05 Å². The highest BCUT2D eigenvalue weighted by molar-refractivity contribution is 5.43. The molecule has 0 bridgehead atoms. The quantitative estimate of drug-likeness (QED) is 0.358. The molecule has 0 saturated carbocycles. The van der Waals surface area contributed by atoms with Crippen LogP contribution < -0.4 is 16.0 Å². The number of anilines is 1. The third-order valence-electron chi connectivity index (χ3n) is 1.58. The minimum atomic E-state index is -0.229. The van der Waals surface area contributed by atoms with E-state index in [0.717, 1.165) is 5.69 Å². The number of nitriles is 1. The van der Waals surface area contributed by atoms with Crippen molar-refractivity contribution in [2.45, 2.75) is 6.29 Å². The first kappa shape index (κ1) is 9.36. The van der Waals surface area contributed by atoms with Gasteiger partial charge in [-0.2, -0.15) is 5.26 Å². The molecule has 1 aromatic carbocycles. The van der Waals surface area contributed by atoms with Crippen LogP contribution in [0.3, 0.4) is 0 Å². The molecule has 1 aromatic rings. The fraction of sp³-hybridized carbons (Fsp3) is 0.222. The standard InChI is InChI=1S/C9H12N4/c1-11-9(12-7-10)13-8-5-3-2-4-6-8/h2-6,9,11-13H,1H3. The lowest BCUT2D eigenvalue weighted by Gasteiger charge is -2.16. The molecule has 1 atom stereocenters. The summed E-state index contributed by atoms with van der Waals surface area (Å²) in [6.45, 7) is 0. The van der Waals surface area contributed by atoms with Crippen LogP contribution in [-0.4, -0.2) is 13.3 Å². The molecule has 0 heterocycles. The van der Waals surface area contributed by atoms with Gasteiger partial charge in [-0.25, -0.2) is 0 Å². The summed E-state index contributed by atoms with van der Waals surface area (Å²) in [5.74, 6) is 0. The first-order valence-corrected chi connectivity index (χ1v) is 4.00. The number of hydrogen-bond donors (Lipinski definition) is 3. The maximum Gasteiger partial charge on any atom is 0.179 e. The van der Waals surface area contributed by atoms with Gasteiger partial charge in [-0.1, -0.05) is 18.2 Å². The molecule has 1 unspecified atom stereocenters. The first-order valence-electron chi connectivity index (χ1n) is 4.00. The summed E-state index contributed by atoms with van der Waals surface area (Å²) in [7, 11) is 1.77. The Kier molecular flexibility index (Phi) is 3.61. The van der Waals surface area contributed by atoms with Crippen LogP contribution in [0.2, 0.25) is 0 Å². The summed E-state index contributed by atoms with van der Waals surface area (Å²) in [5, 5.41) is 17.0. The first-order chi connectivity index (χ1) is 6.36. The molecule has 1 rings (SSSR count). The lowest BCUT2D eigenvalue weighted by Crippen LogP contribution is -2.43. The molecule has 0 aliphatic rings. The molecule has 3 N–H and O–H groups in total. The monoisotopic (exact) mass is 176 g/mol. The van der Waals surface area contributed by atoms with E-state index in [4.69, 9.17) is 5.26 Å². The summed E-state index contributed by atoms with van der Waals surface area (Å²) in [6, 6.07) is 9.67. The lowest BCUT2D eigenvalue weighted by molar-refractivity contribution is 0.579. The van der Waals surface area contributed by atoms with Crippen molar-refractivity contribution in [2.75, 3.05) is 12.4 Å². The molecule has 0 radical (unpaired) electrons. The summed E-state index contributed by atoms with van der Waals surface area (Å²) in [6.07, 6.45) is 1.63. The molecule has 0 aromatic heterocycles. The maximum absolute atomic E-state index is 8.40. The van der Waals surface area contributed by atoms with Crippen molar-refractivity contribution in [3.63, 3.8) is 0 Å². The van der Waals surface area contributed by atoms with E-state index in [-0.39, 0.29) is 6.29 Å². The van der Waals surface area contributed by atoms with Gasteiger partial charge in [-0.05, 0) is 19.2 Å². The Balaban J connectivity index is 2.53. The molecule has 0 spiro atoms. The number of nitrogens with one attached hydrogen (secondary N) is 3. The van der Waals surface area contributed by atoms with Gasteiger partial charge in [-0.15, -0.1) is 0 Å². The molecule has 0 aliphatic carbocycles. The van der Waals surface area contributed by atoms with Crippen LogP contribution in [0.4, 0.5) is 5.69 Å². The molecule has 0 saturated heterocycles. The third kappa shape index (κ3) is 3.01. The van der Waals surface area contributed by atoms with E-state index in [0.29, 0.717) is 0 Å². The van der Waals surface area contributed by atoms with Crippen LogP contribution in [0, 0.1) is 11.5 Å². The number of nitrogens with zero attached hydrogens (tertiary/aromatic N) is 1. The predicted octanol–water partition coefficient (Wildman–Crippen LogP) is 0.672. The van der Waals surface area contributed by atoms with Crippen molar-refractivity contribution in [3.05, 3.63) is 30.3 Å². The van der Waals surface area contributed by atoms with E-state index in [1.807, 2.05) is 36.5 Å². The number of hydrogen-bond acceptors (Lipinski definition) is 4. The Hall–Kier alpha value is -1.73.